The fourth-order valence-corrected chi connectivity index (χ4v) is 5.28. The summed E-state index contributed by atoms with van der Waals surface area (Å²) in [4.78, 5) is 18.7. The van der Waals surface area contributed by atoms with E-state index in [9.17, 15) is 4.79 Å². The number of benzene rings is 1. The Labute approximate surface area is 189 Å². The highest BCUT2D eigenvalue weighted by molar-refractivity contribution is 7.18. The SMILES string of the molecule is CC(C)=CCN1CCC(NC(=O)c2cc(-c3ccccc3)c(N3CCOCC3)s2)CC1. The highest BCUT2D eigenvalue weighted by atomic mass is 32.1. The number of ether oxygens (including phenoxy) is 1. The molecule has 0 radical (unpaired) electrons. The first-order valence-corrected chi connectivity index (χ1v) is 12.1. The molecule has 2 aliphatic rings. The van der Waals surface area contributed by atoms with Gasteiger partial charge in [0.05, 0.1) is 23.1 Å². The number of anilines is 1. The van der Waals surface area contributed by atoms with Crippen LogP contribution in [0.3, 0.4) is 0 Å². The lowest BCUT2D eigenvalue weighted by Crippen LogP contribution is -2.44. The molecule has 0 aliphatic carbocycles. The van der Waals surface area contributed by atoms with Crippen molar-refractivity contribution in [2.45, 2.75) is 32.7 Å². The van der Waals surface area contributed by atoms with E-state index < -0.39 is 0 Å². The number of morpholine rings is 1. The summed E-state index contributed by atoms with van der Waals surface area (Å²) in [5, 5.41) is 4.48. The molecule has 1 amide bonds. The number of nitrogens with one attached hydrogen (secondary N) is 1. The summed E-state index contributed by atoms with van der Waals surface area (Å²) in [7, 11) is 0. The number of nitrogens with zero attached hydrogens (tertiary/aromatic N) is 2. The fraction of sp³-hybridized carbons (Fsp3) is 0.480. The lowest BCUT2D eigenvalue weighted by atomic mass is 10.0. The predicted octanol–water partition coefficient (Wildman–Crippen LogP) is 4.41. The van der Waals surface area contributed by atoms with Gasteiger partial charge in [-0.25, -0.2) is 0 Å². The average molecular weight is 440 g/mol. The maximum Gasteiger partial charge on any atom is 0.261 e. The summed E-state index contributed by atoms with van der Waals surface area (Å²) in [6.45, 7) is 10.6. The summed E-state index contributed by atoms with van der Waals surface area (Å²) < 4.78 is 5.54. The molecule has 6 heteroatoms. The topological polar surface area (TPSA) is 44.8 Å². The van der Waals surface area contributed by atoms with Crippen molar-refractivity contribution < 1.29 is 9.53 Å². The van der Waals surface area contributed by atoms with Crippen molar-refractivity contribution >= 4 is 22.2 Å². The van der Waals surface area contributed by atoms with Gasteiger partial charge in [-0.3, -0.25) is 9.69 Å². The number of hydrogen-bond acceptors (Lipinski definition) is 5. The molecule has 2 saturated heterocycles. The molecule has 3 heterocycles. The number of hydrogen-bond donors (Lipinski definition) is 1. The van der Waals surface area contributed by atoms with E-state index in [0.29, 0.717) is 0 Å². The molecule has 5 nitrogen and oxygen atoms in total. The van der Waals surface area contributed by atoms with E-state index in [1.165, 1.54) is 10.6 Å². The van der Waals surface area contributed by atoms with E-state index in [0.717, 1.165) is 74.8 Å². The van der Waals surface area contributed by atoms with Crippen molar-refractivity contribution in [3.8, 4) is 11.1 Å². The molecule has 2 fully saturated rings. The van der Waals surface area contributed by atoms with Crippen LogP contribution in [0.15, 0.2) is 48.0 Å². The Bertz CT molecular complexity index is 891. The summed E-state index contributed by atoms with van der Waals surface area (Å²) in [5.41, 5.74) is 3.67. The summed E-state index contributed by atoms with van der Waals surface area (Å²) in [6, 6.07) is 12.7. The quantitative estimate of drug-likeness (QED) is 0.677. The van der Waals surface area contributed by atoms with Crippen LogP contribution in [0, 0.1) is 0 Å². The van der Waals surface area contributed by atoms with Gasteiger partial charge in [-0.2, -0.15) is 0 Å². The number of thiophene rings is 1. The zero-order chi connectivity index (χ0) is 21.6. The van der Waals surface area contributed by atoms with Crippen LogP contribution >= 0.6 is 11.3 Å². The maximum absolute atomic E-state index is 13.1. The van der Waals surface area contributed by atoms with Gasteiger partial charge in [-0.15, -0.1) is 11.3 Å². The molecule has 2 aliphatic heterocycles. The molecule has 166 valence electrons. The standard InChI is InChI=1S/C25H33N3O2S/c1-19(2)8-11-27-12-9-21(10-13-27)26-24(29)23-18-22(20-6-4-3-5-7-20)25(31-23)28-14-16-30-17-15-28/h3-8,18,21H,9-17H2,1-2H3,(H,26,29). The van der Waals surface area contributed by atoms with Gasteiger partial charge < -0.3 is 15.0 Å². The highest BCUT2D eigenvalue weighted by Crippen LogP contribution is 2.39. The van der Waals surface area contributed by atoms with Crippen molar-refractivity contribution in [1.82, 2.24) is 10.2 Å². The second kappa shape index (κ2) is 10.4. The van der Waals surface area contributed by atoms with E-state index in [4.69, 9.17) is 4.74 Å². The molecule has 1 aromatic carbocycles. The molecule has 0 atom stereocenters. The Morgan fingerprint density at radius 1 is 1.13 bits per heavy atom. The van der Waals surface area contributed by atoms with Crippen LogP contribution in [0.4, 0.5) is 5.00 Å². The number of allylic oxidation sites excluding steroid dienone is 1. The van der Waals surface area contributed by atoms with Crippen LogP contribution in [0.5, 0.6) is 0 Å². The lowest BCUT2D eigenvalue weighted by molar-refractivity contribution is 0.0918. The Balaban J connectivity index is 1.45. The van der Waals surface area contributed by atoms with Gasteiger partial charge in [-0.05, 0) is 38.3 Å². The number of rotatable bonds is 6. The van der Waals surface area contributed by atoms with E-state index in [1.54, 1.807) is 11.3 Å². The van der Waals surface area contributed by atoms with E-state index >= 15 is 0 Å². The van der Waals surface area contributed by atoms with Crippen LogP contribution in [0.2, 0.25) is 0 Å². The maximum atomic E-state index is 13.1. The third-order valence-electron chi connectivity index (χ3n) is 6.00. The molecule has 0 saturated carbocycles. The largest absolute Gasteiger partial charge is 0.378 e. The van der Waals surface area contributed by atoms with Gasteiger partial charge in [0.25, 0.3) is 5.91 Å². The van der Waals surface area contributed by atoms with Crippen molar-refractivity contribution in [2.75, 3.05) is 50.8 Å². The molecule has 31 heavy (non-hydrogen) atoms. The Morgan fingerprint density at radius 2 is 1.84 bits per heavy atom. The number of piperidine rings is 1. The third-order valence-corrected chi connectivity index (χ3v) is 7.19. The normalized spacial score (nSPS) is 18.1. The Kier molecular flexibility index (Phi) is 7.43. The van der Waals surface area contributed by atoms with Gasteiger partial charge in [0.15, 0.2) is 0 Å². The molecule has 1 N–H and O–H groups in total. The fourth-order valence-electron chi connectivity index (χ4n) is 4.15. The first-order chi connectivity index (χ1) is 15.1. The van der Waals surface area contributed by atoms with Crippen LogP contribution in [0.1, 0.15) is 36.4 Å². The zero-order valence-corrected chi connectivity index (χ0v) is 19.4. The number of likely N-dealkylation sites (tertiary alicyclic amines) is 1. The van der Waals surface area contributed by atoms with Gasteiger partial charge in [0.1, 0.15) is 0 Å². The van der Waals surface area contributed by atoms with Gasteiger partial charge in [0.2, 0.25) is 0 Å². The highest BCUT2D eigenvalue weighted by Gasteiger charge is 2.25. The smallest absolute Gasteiger partial charge is 0.261 e. The van der Waals surface area contributed by atoms with Gasteiger partial charge in [0, 0.05) is 44.3 Å². The van der Waals surface area contributed by atoms with E-state index in [-0.39, 0.29) is 11.9 Å². The summed E-state index contributed by atoms with van der Waals surface area (Å²) in [5.74, 6) is 0.0597. The monoisotopic (exact) mass is 439 g/mol. The van der Waals surface area contributed by atoms with Crippen molar-refractivity contribution in [3.63, 3.8) is 0 Å². The first-order valence-electron chi connectivity index (χ1n) is 11.3. The minimum atomic E-state index is 0.0597. The van der Waals surface area contributed by atoms with Crippen LogP contribution in [-0.4, -0.2) is 62.8 Å². The number of carbonyl (C=O) groups is 1. The molecular formula is C25H33N3O2S. The van der Waals surface area contributed by atoms with Crippen molar-refractivity contribution in [2.24, 2.45) is 0 Å². The molecule has 0 bridgehead atoms. The van der Waals surface area contributed by atoms with Crippen LogP contribution in [-0.2, 0) is 4.74 Å². The average Bonchev–Trinajstić information content (AvgIpc) is 3.25. The lowest BCUT2D eigenvalue weighted by Gasteiger charge is -2.31. The first kappa shape index (κ1) is 22.1. The van der Waals surface area contributed by atoms with E-state index in [2.05, 4.69) is 65.4 Å². The van der Waals surface area contributed by atoms with Gasteiger partial charge in [-0.1, -0.05) is 42.0 Å². The molecule has 4 rings (SSSR count). The molecule has 0 unspecified atom stereocenters. The number of carbonyl (C=O) groups excluding carboxylic acids is 1. The third kappa shape index (κ3) is 5.76. The van der Waals surface area contributed by atoms with Gasteiger partial charge >= 0.3 is 0 Å². The molecular weight excluding hydrogens is 406 g/mol. The Morgan fingerprint density at radius 3 is 2.52 bits per heavy atom. The number of amides is 1. The molecule has 2 aromatic rings. The van der Waals surface area contributed by atoms with Crippen LogP contribution < -0.4 is 10.2 Å². The predicted molar refractivity (Wildman–Crippen MR) is 129 cm³/mol. The summed E-state index contributed by atoms with van der Waals surface area (Å²) in [6.07, 6.45) is 4.30. The minimum absolute atomic E-state index is 0.0597. The van der Waals surface area contributed by atoms with Crippen LogP contribution in [0.25, 0.3) is 11.1 Å². The van der Waals surface area contributed by atoms with Crippen molar-refractivity contribution in [3.05, 3.63) is 52.9 Å². The zero-order valence-electron chi connectivity index (χ0n) is 18.6. The van der Waals surface area contributed by atoms with E-state index in [1.807, 2.05) is 6.07 Å². The second-order valence-corrected chi connectivity index (χ2v) is 9.66. The summed E-state index contributed by atoms with van der Waals surface area (Å²) >= 11 is 1.61. The Hall–Kier alpha value is -2.15. The van der Waals surface area contributed by atoms with Crippen molar-refractivity contribution in [1.29, 1.82) is 0 Å². The molecule has 0 spiro atoms. The second-order valence-electron chi connectivity index (χ2n) is 8.62. The minimum Gasteiger partial charge on any atom is -0.378 e. The molecule has 1 aromatic heterocycles.